The van der Waals surface area contributed by atoms with Gasteiger partial charge in [0.25, 0.3) is 11.5 Å². The van der Waals surface area contributed by atoms with Gasteiger partial charge in [-0.25, -0.2) is 9.97 Å². The zero-order valence-electron chi connectivity index (χ0n) is 16.9. The number of hydrogen-bond donors (Lipinski definition) is 1. The summed E-state index contributed by atoms with van der Waals surface area (Å²) in [5.74, 6) is 0.535. The predicted octanol–water partition coefficient (Wildman–Crippen LogP) is 1.53. The number of carbonyl (C=O) groups excluding carboxylic acids is 1. The third-order valence-electron chi connectivity index (χ3n) is 6.08. The predicted molar refractivity (Wildman–Crippen MR) is 108 cm³/mol. The number of piperidine rings is 1. The second-order valence-corrected chi connectivity index (χ2v) is 8.21. The fourth-order valence-corrected chi connectivity index (χ4v) is 4.55. The summed E-state index contributed by atoms with van der Waals surface area (Å²) in [6.07, 6.45) is 5.66. The molecule has 1 fully saturated rings. The van der Waals surface area contributed by atoms with E-state index >= 15 is 0 Å². The molecule has 1 spiro atoms. The maximum Gasteiger partial charge on any atom is 0.266 e. The van der Waals surface area contributed by atoms with Crippen molar-refractivity contribution in [2.45, 2.75) is 38.0 Å². The molecule has 1 atom stereocenters. The lowest BCUT2D eigenvalue weighted by Gasteiger charge is -2.40. The molecule has 2 aromatic heterocycles. The van der Waals surface area contributed by atoms with Gasteiger partial charge in [0.05, 0.1) is 11.3 Å². The van der Waals surface area contributed by atoms with Crippen LogP contribution in [0.2, 0.25) is 0 Å². The number of aromatic nitrogens is 3. The van der Waals surface area contributed by atoms with Gasteiger partial charge in [-0.05, 0) is 44.2 Å². The summed E-state index contributed by atoms with van der Waals surface area (Å²) < 4.78 is 0. The Kier molecular flexibility index (Phi) is 4.61. The van der Waals surface area contributed by atoms with Crippen molar-refractivity contribution in [1.29, 1.82) is 5.26 Å². The SMILES string of the molecule is Cc1[nH]c(=O)c(C#N)cc1C(=O)N1CCCC2(CCc3cnc(N(C)C)nc32)C1. The molecule has 0 saturated carbocycles. The average Bonchev–Trinajstić information content (AvgIpc) is 3.05. The van der Waals surface area contributed by atoms with Gasteiger partial charge >= 0.3 is 0 Å². The highest BCUT2D eigenvalue weighted by Crippen LogP contribution is 2.44. The van der Waals surface area contributed by atoms with Crippen molar-refractivity contribution in [3.63, 3.8) is 0 Å². The Morgan fingerprint density at radius 2 is 2.17 bits per heavy atom. The second kappa shape index (κ2) is 6.99. The summed E-state index contributed by atoms with van der Waals surface area (Å²) in [5.41, 5.74) is 2.43. The summed E-state index contributed by atoms with van der Waals surface area (Å²) in [7, 11) is 3.84. The van der Waals surface area contributed by atoms with E-state index in [1.807, 2.05) is 36.2 Å². The van der Waals surface area contributed by atoms with Crippen molar-refractivity contribution >= 4 is 11.9 Å². The molecule has 1 N–H and O–H groups in total. The van der Waals surface area contributed by atoms with Crippen LogP contribution in [0.15, 0.2) is 17.1 Å². The van der Waals surface area contributed by atoms with E-state index in [4.69, 9.17) is 10.2 Å². The topological polar surface area (TPSA) is 106 Å². The van der Waals surface area contributed by atoms with E-state index in [1.54, 1.807) is 6.92 Å². The number of fused-ring (bicyclic) bond motifs is 2. The Bertz CT molecular complexity index is 1080. The van der Waals surface area contributed by atoms with Crippen LogP contribution in [0.4, 0.5) is 5.95 Å². The molecular formula is C21H24N6O2. The third kappa shape index (κ3) is 3.16. The minimum atomic E-state index is -0.464. The summed E-state index contributed by atoms with van der Waals surface area (Å²) >= 11 is 0. The largest absolute Gasteiger partial charge is 0.347 e. The molecule has 2 aliphatic rings. The van der Waals surface area contributed by atoms with E-state index in [1.165, 1.54) is 6.07 Å². The maximum atomic E-state index is 13.3. The molecule has 0 bridgehead atoms. The zero-order valence-corrected chi connectivity index (χ0v) is 16.9. The Morgan fingerprint density at radius 3 is 2.90 bits per heavy atom. The minimum Gasteiger partial charge on any atom is -0.347 e. The zero-order chi connectivity index (χ0) is 20.8. The molecule has 8 heteroatoms. The van der Waals surface area contributed by atoms with Crippen LogP contribution in [0.25, 0.3) is 0 Å². The first-order chi connectivity index (χ1) is 13.8. The molecule has 150 valence electrons. The lowest BCUT2D eigenvalue weighted by atomic mass is 9.77. The number of hydrogen-bond acceptors (Lipinski definition) is 6. The second-order valence-electron chi connectivity index (χ2n) is 8.21. The Morgan fingerprint density at radius 1 is 1.38 bits per heavy atom. The highest BCUT2D eigenvalue weighted by atomic mass is 16.2. The highest BCUT2D eigenvalue weighted by molar-refractivity contribution is 5.95. The van der Waals surface area contributed by atoms with Crippen LogP contribution in [-0.2, 0) is 11.8 Å². The number of nitriles is 1. The Hall–Kier alpha value is -3.21. The minimum absolute atomic E-state index is 0.0414. The Labute approximate surface area is 169 Å². The number of carbonyl (C=O) groups is 1. The number of rotatable bonds is 2. The molecular weight excluding hydrogens is 368 g/mol. The van der Waals surface area contributed by atoms with Crippen molar-refractivity contribution < 1.29 is 4.79 Å². The molecule has 2 aromatic rings. The molecule has 1 aliphatic carbocycles. The number of nitrogens with zero attached hydrogens (tertiary/aromatic N) is 5. The van der Waals surface area contributed by atoms with E-state index in [2.05, 4.69) is 9.97 Å². The first kappa shape index (κ1) is 19.1. The van der Waals surface area contributed by atoms with Crippen LogP contribution in [-0.4, -0.2) is 52.9 Å². The monoisotopic (exact) mass is 392 g/mol. The molecule has 29 heavy (non-hydrogen) atoms. The molecule has 8 nitrogen and oxygen atoms in total. The van der Waals surface area contributed by atoms with Crippen LogP contribution in [0.5, 0.6) is 0 Å². The fraction of sp³-hybridized carbons (Fsp3) is 0.476. The maximum absolute atomic E-state index is 13.3. The van der Waals surface area contributed by atoms with Crippen LogP contribution in [0, 0.1) is 18.3 Å². The summed E-state index contributed by atoms with van der Waals surface area (Å²) in [4.78, 5) is 40.7. The number of amides is 1. The van der Waals surface area contributed by atoms with Gasteiger partial charge in [0, 0.05) is 44.5 Å². The molecule has 1 aliphatic heterocycles. The summed E-state index contributed by atoms with van der Waals surface area (Å²) in [6.45, 7) is 2.93. The van der Waals surface area contributed by atoms with Crippen molar-refractivity contribution in [3.05, 3.63) is 50.7 Å². The summed E-state index contributed by atoms with van der Waals surface area (Å²) in [6, 6.07) is 3.27. The number of H-pyrrole nitrogens is 1. The number of likely N-dealkylation sites (tertiary alicyclic amines) is 1. The van der Waals surface area contributed by atoms with Gasteiger partial charge in [-0.3, -0.25) is 9.59 Å². The summed E-state index contributed by atoms with van der Waals surface area (Å²) in [5, 5.41) is 9.16. The standard InChI is InChI=1S/C21H24N6O2/c1-13-16(9-15(10-22)18(28)24-13)19(29)27-8-4-6-21(12-27)7-5-14-11-23-20(26(2)3)25-17(14)21/h9,11H,4-8,12H2,1-3H3,(H,24,28). The highest BCUT2D eigenvalue weighted by Gasteiger charge is 2.45. The molecule has 0 aromatic carbocycles. The van der Waals surface area contributed by atoms with Gasteiger partial charge in [-0.1, -0.05) is 0 Å². The van der Waals surface area contributed by atoms with E-state index < -0.39 is 5.56 Å². The van der Waals surface area contributed by atoms with Crippen LogP contribution in [0.1, 0.15) is 52.1 Å². The molecule has 0 radical (unpaired) electrons. The average molecular weight is 392 g/mol. The van der Waals surface area contributed by atoms with Crippen molar-refractivity contribution in [3.8, 4) is 6.07 Å². The van der Waals surface area contributed by atoms with Gasteiger partial charge in [-0.15, -0.1) is 0 Å². The molecule has 1 unspecified atom stereocenters. The van der Waals surface area contributed by atoms with Crippen LogP contribution >= 0.6 is 0 Å². The molecule has 1 saturated heterocycles. The van der Waals surface area contributed by atoms with Gasteiger partial charge in [0.1, 0.15) is 11.6 Å². The molecule has 1 amide bonds. The van der Waals surface area contributed by atoms with Gasteiger partial charge in [0.2, 0.25) is 5.95 Å². The normalized spacial score (nSPS) is 20.4. The number of pyridine rings is 1. The van der Waals surface area contributed by atoms with Gasteiger partial charge < -0.3 is 14.8 Å². The van der Waals surface area contributed by atoms with Crippen molar-refractivity contribution in [2.24, 2.45) is 0 Å². The smallest absolute Gasteiger partial charge is 0.266 e. The van der Waals surface area contributed by atoms with E-state index in [-0.39, 0.29) is 16.9 Å². The quantitative estimate of drug-likeness (QED) is 0.831. The van der Waals surface area contributed by atoms with Gasteiger partial charge in [0.15, 0.2) is 0 Å². The van der Waals surface area contributed by atoms with Crippen LogP contribution < -0.4 is 10.5 Å². The van der Waals surface area contributed by atoms with E-state index in [0.717, 1.165) is 36.9 Å². The van der Waals surface area contributed by atoms with E-state index in [9.17, 15) is 9.59 Å². The number of anilines is 1. The number of aromatic amines is 1. The first-order valence-electron chi connectivity index (χ1n) is 9.82. The lowest BCUT2D eigenvalue weighted by Crippen LogP contribution is -2.48. The third-order valence-corrected chi connectivity index (χ3v) is 6.08. The first-order valence-corrected chi connectivity index (χ1v) is 9.82. The van der Waals surface area contributed by atoms with Crippen molar-refractivity contribution in [2.75, 3.05) is 32.1 Å². The van der Waals surface area contributed by atoms with Crippen LogP contribution in [0.3, 0.4) is 0 Å². The lowest BCUT2D eigenvalue weighted by molar-refractivity contribution is 0.0632. The van der Waals surface area contributed by atoms with E-state index in [0.29, 0.717) is 30.3 Å². The van der Waals surface area contributed by atoms with Crippen molar-refractivity contribution in [1.82, 2.24) is 19.9 Å². The van der Waals surface area contributed by atoms with Gasteiger partial charge in [-0.2, -0.15) is 5.26 Å². The fourth-order valence-electron chi connectivity index (χ4n) is 4.55. The number of aryl methyl sites for hydroxylation is 2. The number of nitrogens with one attached hydrogen (secondary N) is 1. The molecule has 3 heterocycles. The molecule has 4 rings (SSSR count). The Balaban J connectivity index is 1.67.